The van der Waals surface area contributed by atoms with Crippen molar-refractivity contribution in [1.82, 2.24) is 34.6 Å². The Balaban J connectivity index is 1.12. The van der Waals surface area contributed by atoms with E-state index in [4.69, 9.17) is 10.1 Å². The predicted octanol–water partition coefficient (Wildman–Crippen LogP) is 6.53. The zero-order valence-corrected chi connectivity index (χ0v) is 29.5. The molecular weight excluding hydrogens is 630 g/mol. The highest BCUT2D eigenvalue weighted by Gasteiger charge is 2.42. The first kappa shape index (κ1) is 33.6. The second-order valence-corrected chi connectivity index (χ2v) is 15.5. The molecule has 2 amide bonds. The number of pyridine rings is 2. The Morgan fingerprint density at radius 2 is 1.80 bits per heavy atom. The van der Waals surface area contributed by atoms with Crippen molar-refractivity contribution < 1.29 is 14.7 Å². The maximum absolute atomic E-state index is 13.2. The molecule has 0 radical (unpaired) electrons. The number of nitrogens with zero attached hydrogens (tertiary/aromatic N) is 8. The fourth-order valence-corrected chi connectivity index (χ4v) is 8.03. The van der Waals surface area contributed by atoms with Crippen molar-refractivity contribution in [2.45, 2.75) is 97.2 Å². The van der Waals surface area contributed by atoms with E-state index >= 15 is 0 Å². The van der Waals surface area contributed by atoms with Crippen LogP contribution in [-0.4, -0.2) is 78.1 Å². The minimum Gasteiger partial charge on any atom is -0.465 e. The third-order valence-electron chi connectivity index (χ3n) is 11.6. The molecular formula is C38H47N9O3. The molecule has 2 saturated heterocycles. The average molecular weight is 678 g/mol. The van der Waals surface area contributed by atoms with Crippen LogP contribution < -0.4 is 10.2 Å². The monoisotopic (exact) mass is 677 g/mol. The highest BCUT2D eigenvalue weighted by atomic mass is 16.4. The number of carbonyl (C=O) groups excluding carboxylic acids is 1. The first-order valence-corrected chi connectivity index (χ1v) is 18.0. The van der Waals surface area contributed by atoms with Crippen LogP contribution >= 0.6 is 0 Å². The molecule has 1 aliphatic carbocycles. The lowest BCUT2D eigenvalue weighted by Gasteiger charge is -2.44. The van der Waals surface area contributed by atoms with E-state index in [1.807, 2.05) is 41.6 Å². The Kier molecular flexibility index (Phi) is 8.78. The zero-order chi connectivity index (χ0) is 35.2. The number of piperidine rings is 2. The van der Waals surface area contributed by atoms with Crippen LogP contribution in [0, 0.1) is 22.2 Å². The summed E-state index contributed by atoms with van der Waals surface area (Å²) in [6, 6.07) is 8.75. The summed E-state index contributed by atoms with van der Waals surface area (Å²) < 4.78 is 3.72. The molecule has 2 atom stereocenters. The van der Waals surface area contributed by atoms with Crippen LogP contribution in [0.2, 0.25) is 0 Å². The molecule has 3 fully saturated rings. The largest absolute Gasteiger partial charge is 0.465 e. The summed E-state index contributed by atoms with van der Waals surface area (Å²) in [6.45, 7) is 10.4. The molecule has 2 unspecified atom stereocenters. The van der Waals surface area contributed by atoms with E-state index in [-0.39, 0.29) is 28.8 Å². The molecule has 0 aromatic carbocycles. The number of nitriles is 1. The Bertz CT molecular complexity index is 1920. The number of fused-ring (bicyclic) bond motifs is 1. The standard InChI is InChI=1S/C38H47N9O3/c1-5-38(35(48)43-29-7-6-8-29)12-15-44(16-13-38)33-10-9-25(20-40-33)31-17-26(23-47-34(31)27(19-39)21-42-47)28-22-41-46(24-28)30-11-14-45(36(49)50)32(18-30)37(2,3)4/h9-10,17,20-24,29-30,32H,5-8,11-16,18H2,1-4H3,(H,43,48)(H,49,50). The summed E-state index contributed by atoms with van der Waals surface area (Å²) >= 11 is 0. The number of carboxylic acid groups (broad SMARTS) is 1. The summed E-state index contributed by atoms with van der Waals surface area (Å²) in [6.07, 6.45) is 15.6. The number of nitrogens with one attached hydrogen (secondary N) is 1. The second-order valence-electron chi connectivity index (χ2n) is 15.5. The molecule has 12 nitrogen and oxygen atoms in total. The predicted molar refractivity (Wildman–Crippen MR) is 191 cm³/mol. The van der Waals surface area contributed by atoms with Gasteiger partial charge >= 0.3 is 6.09 Å². The van der Waals surface area contributed by atoms with E-state index in [1.54, 1.807) is 15.6 Å². The van der Waals surface area contributed by atoms with Crippen molar-refractivity contribution in [1.29, 1.82) is 5.26 Å². The van der Waals surface area contributed by atoms with Crippen LogP contribution in [0.5, 0.6) is 0 Å². The molecule has 6 heterocycles. The van der Waals surface area contributed by atoms with E-state index in [0.717, 1.165) is 78.8 Å². The van der Waals surface area contributed by atoms with Crippen LogP contribution in [0.15, 0.2) is 49.2 Å². The summed E-state index contributed by atoms with van der Waals surface area (Å²) in [5.74, 6) is 1.09. The summed E-state index contributed by atoms with van der Waals surface area (Å²) in [7, 11) is 0. The Morgan fingerprint density at radius 1 is 1.02 bits per heavy atom. The van der Waals surface area contributed by atoms with Gasteiger partial charge in [0.2, 0.25) is 5.91 Å². The third-order valence-corrected chi connectivity index (χ3v) is 11.6. The number of hydrogen-bond acceptors (Lipinski definition) is 7. The summed E-state index contributed by atoms with van der Waals surface area (Å²) in [4.78, 5) is 33.9. The molecule has 1 saturated carbocycles. The Labute approximate surface area is 293 Å². The molecule has 0 bridgehead atoms. The van der Waals surface area contributed by atoms with Gasteiger partial charge in [-0.15, -0.1) is 0 Å². The van der Waals surface area contributed by atoms with Gasteiger partial charge in [0.25, 0.3) is 0 Å². The van der Waals surface area contributed by atoms with Gasteiger partial charge in [0.1, 0.15) is 11.9 Å². The lowest BCUT2D eigenvalue weighted by molar-refractivity contribution is -0.133. The maximum Gasteiger partial charge on any atom is 0.407 e. The van der Waals surface area contributed by atoms with E-state index in [0.29, 0.717) is 31.0 Å². The number of carbonyl (C=O) groups is 2. The van der Waals surface area contributed by atoms with Gasteiger partial charge in [-0.05, 0) is 75.0 Å². The fourth-order valence-electron chi connectivity index (χ4n) is 8.03. The van der Waals surface area contributed by atoms with E-state index in [2.05, 4.69) is 55.1 Å². The number of amides is 2. The van der Waals surface area contributed by atoms with Crippen molar-refractivity contribution in [3.8, 4) is 28.3 Å². The molecule has 4 aromatic heterocycles. The van der Waals surface area contributed by atoms with Crippen molar-refractivity contribution in [3.05, 3.63) is 54.7 Å². The first-order chi connectivity index (χ1) is 24.0. The second kappa shape index (κ2) is 13.1. The summed E-state index contributed by atoms with van der Waals surface area (Å²) in [5.41, 5.74) is 4.22. The van der Waals surface area contributed by atoms with Crippen LogP contribution in [0.4, 0.5) is 10.6 Å². The topological polar surface area (TPSA) is 145 Å². The SMILES string of the molecule is CCC1(C(=O)NC2CCC2)CCN(c2ccc(-c3cc(-c4cnn(C5CCN(C(=O)O)C(C(C)(C)C)C5)c4)cn4ncc(C#N)c34)cn2)CC1. The Hall–Kier alpha value is -4.92. The van der Waals surface area contributed by atoms with Crippen molar-refractivity contribution in [2.75, 3.05) is 24.5 Å². The smallest absolute Gasteiger partial charge is 0.407 e. The van der Waals surface area contributed by atoms with E-state index in [1.165, 1.54) is 6.42 Å². The van der Waals surface area contributed by atoms with Gasteiger partial charge in [0, 0.05) is 72.6 Å². The molecule has 12 heteroatoms. The minimum atomic E-state index is -0.873. The Morgan fingerprint density at radius 3 is 2.42 bits per heavy atom. The average Bonchev–Trinajstić information content (AvgIpc) is 3.77. The van der Waals surface area contributed by atoms with Crippen LogP contribution in [0.3, 0.4) is 0 Å². The van der Waals surface area contributed by atoms with Gasteiger partial charge in [-0.1, -0.05) is 27.7 Å². The van der Waals surface area contributed by atoms with E-state index < -0.39 is 6.09 Å². The van der Waals surface area contributed by atoms with E-state index in [9.17, 15) is 20.0 Å². The molecule has 0 spiro atoms. The van der Waals surface area contributed by atoms with Gasteiger partial charge in [0.05, 0.1) is 34.9 Å². The molecule has 2 aliphatic heterocycles. The first-order valence-electron chi connectivity index (χ1n) is 18.0. The molecule has 7 rings (SSSR count). The maximum atomic E-state index is 13.2. The van der Waals surface area contributed by atoms with Crippen LogP contribution in [0.25, 0.3) is 27.8 Å². The van der Waals surface area contributed by atoms with Crippen LogP contribution in [0.1, 0.15) is 90.7 Å². The van der Waals surface area contributed by atoms with Gasteiger partial charge in [-0.2, -0.15) is 15.5 Å². The lowest BCUT2D eigenvalue weighted by atomic mass is 9.74. The third kappa shape index (κ3) is 6.18. The number of hydrogen-bond donors (Lipinski definition) is 2. The quantitative estimate of drug-likeness (QED) is 0.225. The lowest BCUT2D eigenvalue weighted by Crippen LogP contribution is -2.52. The zero-order valence-electron chi connectivity index (χ0n) is 29.5. The van der Waals surface area contributed by atoms with Crippen molar-refractivity contribution in [3.63, 3.8) is 0 Å². The van der Waals surface area contributed by atoms with Gasteiger partial charge < -0.3 is 20.2 Å². The molecule has 4 aromatic rings. The number of rotatable bonds is 7. The molecule has 2 N–H and O–H groups in total. The highest BCUT2D eigenvalue weighted by molar-refractivity contribution is 5.87. The van der Waals surface area contributed by atoms with Crippen molar-refractivity contribution in [2.24, 2.45) is 10.8 Å². The van der Waals surface area contributed by atoms with Gasteiger partial charge in [0.15, 0.2) is 0 Å². The summed E-state index contributed by atoms with van der Waals surface area (Å²) in [5, 5.41) is 32.3. The minimum absolute atomic E-state index is 0.0767. The fraction of sp³-hybridized carbons (Fsp3) is 0.526. The van der Waals surface area contributed by atoms with Crippen LogP contribution in [-0.2, 0) is 4.79 Å². The molecule has 3 aliphatic rings. The van der Waals surface area contributed by atoms with Gasteiger partial charge in [-0.3, -0.25) is 9.48 Å². The normalized spacial score (nSPS) is 21.1. The number of likely N-dealkylation sites (tertiary alicyclic amines) is 1. The van der Waals surface area contributed by atoms with Gasteiger partial charge in [-0.25, -0.2) is 14.3 Å². The van der Waals surface area contributed by atoms with Crippen molar-refractivity contribution >= 4 is 23.3 Å². The molecule has 262 valence electrons. The number of aromatic nitrogens is 5. The molecule has 50 heavy (non-hydrogen) atoms. The number of anilines is 1. The highest BCUT2D eigenvalue weighted by Crippen LogP contribution is 2.40.